The monoisotopic (exact) mass is 254 g/mol. The molecular formula is C17H34O. The summed E-state index contributed by atoms with van der Waals surface area (Å²) in [5, 5.41) is 0. The smallest absolute Gasteiger partial charge is 0.0689 e. The van der Waals surface area contributed by atoms with E-state index in [-0.39, 0.29) is 11.2 Å². The molecule has 18 heavy (non-hydrogen) atoms. The summed E-state index contributed by atoms with van der Waals surface area (Å²) in [7, 11) is 0. The second-order valence-electron chi connectivity index (χ2n) is 7.12. The predicted octanol–water partition coefficient (Wildman–Crippen LogP) is 5.86. The first-order chi connectivity index (χ1) is 8.47. The largest absolute Gasteiger partial charge is 0.369 e. The van der Waals surface area contributed by atoms with Crippen molar-refractivity contribution in [3.63, 3.8) is 0 Å². The lowest BCUT2D eigenvalue weighted by molar-refractivity contribution is -0.153. The molecule has 1 aliphatic carbocycles. The molecule has 108 valence electrons. The van der Waals surface area contributed by atoms with Gasteiger partial charge < -0.3 is 4.74 Å². The first-order valence-corrected chi connectivity index (χ1v) is 8.18. The van der Waals surface area contributed by atoms with Crippen LogP contribution >= 0.6 is 0 Å². The summed E-state index contributed by atoms with van der Waals surface area (Å²) in [6.07, 6.45) is 14.9. The lowest BCUT2D eigenvalue weighted by Gasteiger charge is -2.42. The van der Waals surface area contributed by atoms with Crippen molar-refractivity contribution in [3.8, 4) is 0 Å². The van der Waals surface area contributed by atoms with Gasteiger partial charge in [-0.15, -0.1) is 0 Å². The van der Waals surface area contributed by atoms with E-state index in [1.54, 1.807) is 0 Å². The Morgan fingerprint density at radius 3 is 2.06 bits per heavy atom. The minimum Gasteiger partial charge on any atom is -0.369 e. The molecule has 1 fully saturated rings. The minimum atomic E-state index is 0.0146. The summed E-state index contributed by atoms with van der Waals surface area (Å²) in [6.45, 7) is 8.91. The number of hydrogen-bond acceptors (Lipinski definition) is 1. The zero-order valence-electron chi connectivity index (χ0n) is 13.2. The third-order valence-corrected chi connectivity index (χ3v) is 4.02. The normalized spacial score (nSPS) is 20.0. The van der Waals surface area contributed by atoms with Gasteiger partial charge >= 0.3 is 0 Å². The summed E-state index contributed by atoms with van der Waals surface area (Å²) in [4.78, 5) is 0. The zero-order chi connectivity index (χ0) is 13.5. The second kappa shape index (κ2) is 7.53. The van der Waals surface area contributed by atoms with Crippen molar-refractivity contribution in [2.45, 2.75) is 110 Å². The highest BCUT2D eigenvalue weighted by Crippen LogP contribution is 2.39. The van der Waals surface area contributed by atoms with Crippen LogP contribution in [0.4, 0.5) is 0 Å². The maximum atomic E-state index is 6.47. The van der Waals surface area contributed by atoms with Gasteiger partial charge in [-0.1, -0.05) is 58.3 Å². The molecule has 0 amide bonds. The van der Waals surface area contributed by atoms with E-state index in [0.29, 0.717) is 0 Å². The molecule has 0 N–H and O–H groups in total. The molecule has 0 unspecified atom stereocenters. The van der Waals surface area contributed by atoms with Crippen LogP contribution in [0.15, 0.2) is 0 Å². The van der Waals surface area contributed by atoms with Gasteiger partial charge in [-0.3, -0.25) is 0 Å². The van der Waals surface area contributed by atoms with E-state index < -0.39 is 0 Å². The molecule has 0 bridgehead atoms. The highest BCUT2D eigenvalue weighted by molar-refractivity contribution is 4.87. The fourth-order valence-electron chi connectivity index (χ4n) is 3.30. The molecule has 0 aromatic rings. The van der Waals surface area contributed by atoms with E-state index >= 15 is 0 Å². The number of unbranched alkanes of at least 4 members (excludes halogenated alkanes) is 4. The first kappa shape index (κ1) is 16.0. The molecule has 0 heterocycles. The maximum Gasteiger partial charge on any atom is 0.0689 e. The van der Waals surface area contributed by atoms with Crippen molar-refractivity contribution in [1.29, 1.82) is 0 Å². The first-order valence-electron chi connectivity index (χ1n) is 8.18. The van der Waals surface area contributed by atoms with Gasteiger partial charge in [0.05, 0.1) is 11.2 Å². The molecule has 0 aromatic heterocycles. The van der Waals surface area contributed by atoms with Crippen LogP contribution in [0.25, 0.3) is 0 Å². The molecule has 1 saturated carbocycles. The van der Waals surface area contributed by atoms with Gasteiger partial charge in [0.25, 0.3) is 0 Å². The van der Waals surface area contributed by atoms with Crippen molar-refractivity contribution in [1.82, 2.24) is 0 Å². The SMILES string of the molecule is CCCCCCCC1(OC(C)(C)C)CCCCC1. The fraction of sp³-hybridized carbons (Fsp3) is 1.00. The standard InChI is InChI=1S/C17H34O/c1-5-6-7-8-10-13-17(18-16(2,3)4)14-11-9-12-15-17/h5-15H2,1-4H3. The van der Waals surface area contributed by atoms with Gasteiger partial charge in [-0.05, 0) is 40.0 Å². The van der Waals surface area contributed by atoms with Crippen LogP contribution < -0.4 is 0 Å². The second-order valence-corrected chi connectivity index (χ2v) is 7.12. The van der Waals surface area contributed by atoms with Crippen molar-refractivity contribution in [2.75, 3.05) is 0 Å². The van der Waals surface area contributed by atoms with Crippen LogP contribution in [0.5, 0.6) is 0 Å². The van der Waals surface area contributed by atoms with Gasteiger partial charge in [0.2, 0.25) is 0 Å². The Bertz CT molecular complexity index is 208. The Balaban J connectivity index is 2.40. The summed E-state index contributed by atoms with van der Waals surface area (Å²) >= 11 is 0. The zero-order valence-corrected chi connectivity index (χ0v) is 13.2. The summed E-state index contributed by atoms with van der Waals surface area (Å²) in [5.41, 5.74) is 0.226. The lowest BCUT2D eigenvalue weighted by Crippen LogP contribution is -2.41. The van der Waals surface area contributed by atoms with Crippen LogP contribution in [0.2, 0.25) is 0 Å². The van der Waals surface area contributed by atoms with Crippen LogP contribution in [0.1, 0.15) is 98.3 Å². The molecule has 0 aromatic carbocycles. The molecule has 1 aliphatic rings. The fourth-order valence-corrected chi connectivity index (χ4v) is 3.30. The third-order valence-electron chi connectivity index (χ3n) is 4.02. The van der Waals surface area contributed by atoms with Gasteiger partial charge in [-0.25, -0.2) is 0 Å². The van der Waals surface area contributed by atoms with Crippen LogP contribution in [-0.2, 0) is 4.74 Å². The molecule has 0 atom stereocenters. The number of hydrogen-bond donors (Lipinski definition) is 0. The van der Waals surface area contributed by atoms with Gasteiger partial charge in [0.1, 0.15) is 0 Å². The van der Waals surface area contributed by atoms with Crippen LogP contribution in [-0.4, -0.2) is 11.2 Å². The highest BCUT2D eigenvalue weighted by atomic mass is 16.5. The maximum absolute atomic E-state index is 6.47. The van der Waals surface area contributed by atoms with E-state index in [1.807, 2.05) is 0 Å². The lowest BCUT2D eigenvalue weighted by atomic mass is 9.80. The molecule has 0 saturated heterocycles. The van der Waals surface area contributed by atoms with E-state index in [2.05, 4.69) is 27.7 Å². The Kier molecular flexibility index (Phi) is 6.70. The molecule has 1 nitrogen and oxygen atoms in total. The van der Waals surface area contributed by atoms with Gasteiger partial charge in [-0.2, -0.15) is 0 Å². The molecule has 1 rings (SSSR count). The minimum absolute atomic E-state index is 0.0146. The topological polar surface area (TPSA) is 9.23 Å². The number of ether oxygens (including phenoxy) is 1. The summed E-state index contributed by atoms with van der Waals surface area (Å²) < 4.78 is 6.47. The Morgan fingerprint density at radius 1 is 0.889 bits per heavy atom. The number of rotatable bonds is 7. The quantitative estimate of drug-likeness (QED) is 0.517. The van der Waals surface area contributed by atoms with E-state index in [0.717, 1.165) is 0 Å². The Morgan fingerprint density at radius 2 is 1.50 bits per heavy atom. The average molecular weight is 254 g/mol. The molecule has 0 radical (unpaired) electrons. The third kappa shape index (κ3) is 6.22. The molecular weight excluding hydrogens is 220 g/mol. The van der Waals surface area contributed by atoms with Gasteiger partial charge in [0.15, 0.2) is 0 Å². The van der Waals surface area contributed by atoms with Crippen molar-refractivity contribution in [3.05, 3.63) is 0 Å². The predicted molar refractivity (Wildman–Crippen MR) is 80.0 cm³/mol. The van der Waals surface area contributed by atoms with E-state index in [1.165, 1.54) is 70.6 Å². The molecule has 1 heteroatoms. The van der Waals surface area contributed by atoms with Crippen molar-refractivity contribution < 1.29 is 4.74 Å². The van der Waals surface area contributed by atoms with Gasteiger partial charge in [0, 0.05) is 0 Å². The van der Waals surface area contributed by atoms with Crippen LogP contribution in [0.3, 0.4) is 0 Å². The Labute approximate surface area is 115 Å². The molecule has 0 spiro atoms. The Hall–Kier alpha value is -0.0400. The highest BCUT2D eigenvalue weighted by Gasteiger charge is 2.35. The van der Waals surface area contributed by atoms with E-state index in [9.17, 15) is 0 Å². The summed E-state index contributed by atoms with van der Waals surface area (Å²) in [5.74, 6) is 0. The van der Waals surface area contributed by atoms with E-state index in [4.69, 9.17) is 4.74 Å². The average Bonchev–Trinajstić information content (AvgIpc) is 2.27. The van der Waals surface area contributed by atoms with Crippen molar-refractivity contribution in [2.24, 2.45) is 0 Å². The van der Waals surface area contributed by atoms with Crippen molar-refractivity contribution >= 4 is 0 Å². The summed E-state index contributed by atoms with van der Waals surface area (Å²) in [6, 6.07) is 0. The van der Waals surface area contributed by atoms with Crippen LogP contribution in [0, 0.1) is 0 Å². The molecule has 0 aliphatic heterocycles.